The molecule has 214 valence electrons. The standard InChI is InChI=1S/C29H42N4O6/c34-26-24-14-7-8-15-25(24)27(35)33(26)17-9-16-32(18-20-38-28(36)30-22-10-3-1-4-11-22)19-21-39-29(37)31-23-12-5-2-6-13-23/h7-8,14-15,22-23H,1-6,9-13,16-21H2,(H,30,36)(H,31,37). The van der Waals surface area contributed by atoms with Gasteiger partial charge >= 0.3 is 12.2 Å². The molecule has 4 amide bonds. The molecule has 4 rings (SSSR count). The minimum Gasteiger partial charge on any atom is -0.448 e. The average molecular weight is 543 g/mol. The third kappa shape index (κ3) is 8.68. The zero-order chi connectivity index (χ0) is 27.5. The maximum Gasteiger partial charge on any atom is 0.407 e. The zero-order valence-corrected chi connectivity index (χ0v) is 22.8. The Labute approximate surface area is 230 Å². The lowest BCUT2D eigenvalue weighted by atomic mass is 9.96. The Morgan fingerprint density at radius 3 is 1.67 bits per heavy atom. The number of fused-ring (bicyclic) bond motifs is 1. The number of carbonyl (C=O) groups is 4. The molecule has 39 heavy (non-hydrogen) atoms. The Kier molecular flexibility index (Phi) is 11.0. The zero-order valence-electron chi connectivity index (χ0n) is 22.8. The van der Waals surface area contributed by atoms with Gasteiger partial charge in [0.1, 0.15) is 13.2 Å². The van der Waals surface area contributed by atoms with Crippen LogP contribution in [0, 0.1) is 0 Å². The van der Waals surface area contributed by atoms with Gasteiger partial charge in [-0.05, 0) is 44.2 Å². The fourth-order valence-electron chi connectivity index (χ4n) is 5.68. The summed E-state index contributed by atoms with van der Waals surface area (Å²) in [7, 11) is 0. The van der Waals surface area contributed by atoms with Crippen LogP contribution in [0.4, 0.5) is 9.59 Å². The van der Waals surface area contributed by atoms with Crippen molar-refractivity contribution >= 4 is 24.0 Å². The van der Waals surface area contributed by atoms with Crippen LogP contribution in [0.2, 0.25) is 0 Å². The third-order valence-corrected chi connectivity index (χ3v) is 7.87. The Bertz CT molecular complexity index is 917. The molecule has 2 aliphatic carbocycles. The average Bonchev–Trinajstić information content (AvgIpc) is 3.19. The summed E-state index contributed by atoms with van der Waals surface area (Å²) in [5.41, 5.74) is 0.878. The summed E-state index contributed by atoms with van der Waals surface area (Å²) in [5.74, 6) is -0.542. The van der Waals surface area contributed by atoms with Crippen molar-refractivity contribution in [2.75, 3.05) is 39.4 Å². The molecule has 0 unspecified atom stereocenters. The monoisotopic (exact) mass is 542 g/mol. The highest BCUT2D eigenvalue weighted by Gasteiger charge is 2.34. The number of nitrogens with zero attached hydrogens (tertiary/aromatic N) is 2. The summed E-state index contributed by atoms with van der Waals surface area (Å²) in [5, 5.41) is 5.90. The first kappa shape index (κ1) is 28.9. The van der Waals surface area contributed by atoms with Crippen LogP contribution in [0.25, 0.3) is 0 Å². The summed E-state index contributed by atoms with van der Waals surface area (Å²) in [6.07, 6.45) is 10.6. The topological polar surface area (TPSA) is 117 Å². The van der Waals surface area contributed by atoms with Crippen molar-refractivity contribution in [3.05, 3.63) is 35.4 Å². The van der Waals surface area contributed by atoms with Crippen LogP contribution in [0.1, 0.15) is 91.3 Å². The first-order chi connectivity index (χ1) is 19.0. The van der Waals surface area contributed by atoms with E-state index in [2.05, 4.69) is 10.6 Å². The van der Waals surface area contributed by atoms with Crippen LogP contribution in [-0.4, -0.2) is 85.3 Å². The van der Waals surface area contributed by atoms with Crippen molar-refractivity contribution in [2.45, 2.75) is 82.7 Å². The van der Waals surface area contributed by atoms with Crippen molar-refractivity contribution in [1.29, 1.82) is 0 Å². The fourth-order valence-corrected chi connectivity index (χ4v) is 5.68. The smallest absolute Gasteiger partial charge is 0.407 e. The van der Waals surface area contributed by atoms with Crippen molar-refractivity contribution in [3.63, 3.8) is 0 Å². The quantitative estimate of drug-likeness (QED) is 0.382. The molecule has 10 nitrogen and oxygen atoms in total. The molecular weight excluding hydrogens is 500 g/mol. The molecule has 1 aromatic rings. The molecule has 1 aromatic carbocycles. The molecular formula is C29H42N4O6. The molecule has 1 heterocycles. The minimum absolute atomic E-state index is 0.179. The summed E-state index contributed by atoms with van der Waals surface area (Å²) < 4.78 is 10.9. The van der Waals surface area contributed by atoms with Gasteiger partial charge in [0.05, 0.1) is 11.1 Å². The van der Waals surface area contributed by atoms with E-state index in [-0.39, 0.29) is 43.7 Å². The first-order valence-electron chi connectivity index (χ1n) is 14.6. The number of rotatable bonds is 12. The number of nitrogens with one attached hydrogen (secondary N) is 2. The third-order valence-electron chi connectivity index (χ3n) is 7.87. The molecule has 0 aromatic heterocycles. The van der Waals surface area contributed by atoms with Crippen LogP contribution in [0.3, 0.4) is 0 Å². The van der Waals surface area contributed by atoms with E-state index in [0.717, 1.165) is 51.4 Å². The van der Waals surface area contributed by atoms with Crippen molar-refractivity contribution < 1.29 is 28.7 Å². The molecule has 0 atom stereocenters. The van der Waals surface area contributed by atoms with E-state index in [1.165, 1.54) is 17.7 Å². The van der Waals surface area contributed by atoms with Crippen LogP contribution < -0.4 is 10.6 Å². The Hall–Kier alpha value is -3.14. The van der Waals surface area contributed by atoms with Gasteiger partial charge < -0.3 is 20.1 Å². The van der Waals surface area contributed by atoms with Crippen LogP contribution in [0.15, 0.2) is 24.3 Å². The van der Waals surface area contributed by atoms with Gasteiger partial charge in [0, 0.05) is 38.3 Å². The number of alkyl carbamates (subject to hydrolysis) is 2. The highest BCUT2D eigenvalue weighted by atomic mass is 16.6. The lowest BCUT2D eigenvalue weighted by Gasteiger charge is -2.25. The number of hydrogen-bond donors (Lipinski definition) is 2. The van der Waals surface area contributed by atoms with Gasteiger partial charge in [0.15, 0.2) is 0 Å². The number of ether oxygens (including phenoxy) is 2. The predicted molar refractivity (Wildman–Crippen MR) is 146 cm³/mol. The second-order valence-electron chi connectivity index (χ2n) is 10.7. The summed E-state index contributed by atoms with van der Waals surface area (Å²) in [6, 6.07) is 7.21. The molecule has 1 aliphatic heterocycles. The fraction of sp³-hybridized carbons (Fsp3) is 0.655. The molecule has 2 fully saturated rings. The number of imide groups is 1. The molecule has 0 bridgehead atoms. The van der Waals surface area contributed by atoms with E-state index in [9.17, 15) is 19.2 Å². The van der Waals surface area contributed by atoms with E-state index < -0.39 is 12.2 Å². The van der Waals surface area contributed by atoms with Gasteiger partial charge in [0.25, 0.3) is 11.8 Å². The maximum absolute atomic E-state index is 12.7. The first-order valence-corrected chi connectivity index (χ1v) is 14.6. The SMILES string of the molecule is O=C(NC1CCCCC1)OCCN(CCCN1C(=O)c2ccccc2C1=O)CCOC(=O)NC1CCCCC1. The summed E-state index contributed by atoms with van der Waals surface area (Å²) >= 11 is 0. The van der Waals surface area contributed by atoms with Crippen LogP contribution >= 0.6 is 0 Å². The van der Waals surface area contributed by atoms with E-state index in [0.29, 0.717) is 37.2 Å². The largest absolute Gasteiger partial charge is 0.448 e. The van der Waals surface area contributed by atoms with Crippen molar-refractivity contribution in [3.8, 4) is 0 Å². The van der Waals surface area contributed by atoms with Crippen molar-refractivity contribution in [1.82, 2.24) is 20.4 Å². The predicted octanol–water partition coefficient (Wildman–Crippen LogP) is 4.09. The molecule has 2 saturated carbocycles. The number of carbonyl (C=O) groups excluding carboxylic acids is 4. The minimum atomic E-state index is -0.406. The van der Waals surface area contributed by atoms with E-state index >= 15 is 0 Å². The normalized spacial score (nSPS) is 18.2. The molecule has 0 spiro atoms. The molecule has 3 aliphatic rings. The molecule has 2 N–H and O–H groups in total. The van der Waals surface area contributed by atoms with Crippen molar-refractivity contribution in [2.24, 2.45) is 0 Å². The Morgan fingerprint density at radius 2 is 1.21 bits per heavy atom. The van der Waals surface area contributed by atoms with E-state index in [1.54, 1.807) is 24.3 Å². The highest BCUT2D eigenvalue weighted by molar-refractivity contribution is 6.21. The lowest BCUT2D eigenvalue weighted by Crippen LogP contribution is -2.40. The van der Waals surface area contributed by atoms with Gasteiger partial charge in [0.2, 0.25) is 0 Å². The van der Waals surface area contributed by atoms with Crippen LogP contribution in [-0.2, 0) is 9.47 Å². The second-order valence-corrected chi connectivity index (χ2v) is 10.7. The Morgan fingerprint density at radius 1 is 0.744 bits per heavy atom. The summed E-state index contributed by atoms with van der Waals surface area (Å²) in [4.78, 5) is 53.1. The van der Waals surface area contributed by atoms with Gasteiger partial charge in [-0.1, -0.05) is 50.7 Å². The van der Waals surface area contributed by atoms with Crippen LogP contribution in [0.5, 0.6) is 0 Å². The van der Waals surface area contributed by atoms with Gasteiger partial charge in [-0.3, -0.25) is 19.4 Å². The molecule has 0 saturated heterocycles. The van der Waals surface area contributed by atoms with Gasteiger partial charge in [-0.2, -0.15) is 0 Å². The second kappa shape index (κ2) is 14.9. The van der Waals surface area contributed by atoms with Gasteiger partial charge in [-0.15, -0.1) is 0 Å². The Balaban J connectivity index is 1.22. The lowest BCUT2D eigenvalue weighted by molar-refractivity contribution is 0.0637. The number of hydrogen-bond acceptors (Lipinski definition) is 7. The maximum atomic E-state index is 12.7. The van der Waals surface area contributed by atoms with Gasteiger partial charge in [-0.25, -0.2) is 9.59 Å². The highest BCUT2D eigenvalue weighted by Crippen LogP contribution is 2.22. The molecule has 10 heteroatoms. The van der Waals surface area contributed by atoms with E-state index in [1.807, 2.05) is 4.90 Å². The molecule has 0 radical (unpaired) electrons. The number of benzene rings is 1. The summed E-state index contributed by atoms with van der Waals surface area (Å²) in [6.45, 7) is 2.13. The number of amides is 4. The van der Waals surface area contributed by atoms with E-state index in [4.69, 9.17) is 9.47 Å².